The Balaban J connectivity index is 3.01. The van der Waals surface area contributed by atoms with E-state index in [2.05, 4.69) is 53.8 Å². The summed E-state index contributed by atoms with van der Waals surface area (Å²) >= 11 is 0. The molecule has 18 heavy (non-hydrogen) atoms. The molecule has 2 atom stereocenters. The van der Waals surface area contributed by atoms with Crippen LogP contribution in [0, 0.1) is 16.7 Å². The Hall–Kier alpha value is -0.570. The number of carbonyl (C=O) groups is 1. The first-order valence-corrected chi connectivity index (χ1v) is 7.11. The smallest absolute Gasteiger partial charge is 0.228 e. The topological polar surface area (TPSA) is 32.3 Å². The summed E-state index contributed by atoms with van der Waals surface area (Å²) in [5.41, 5.74) is 0.0976. The number of amides is 1. The molecule has 0 aromatic heterocycles. The Morgan fingerprint density at radius 3 is 2.11 bits per heavy atom. The summed E-state index contributed by atoms with van der Waals surface area (Å²) in [5.74, 6) is 0.376. The van der Waals surface area contributed by atoms with Gasteiger partial charge >= 0.3 is 0 Å². The average Bonchev–Trinajstić information content (AvgIpc) is 2.17. The first kappa shape index (κ1) is 15.5. The van der Waals surface area contributed by atoms with Crippen molar-refractivity contribution in [2.45, 2.75) is 60.9 Å². The van der Waals surface area contributed by atoms with Gasteiger partial charge in [0.2, 0.25) is 5.91 Å². The van der Waals surface area contributed by atoms with Crippen LogP contribution in [0.3, 0.4) is 0 Å². The van der Waals surface area contributed by atoms with Crippen molar-refractivity contribution in [3.05, 3.63) is 0 Å². The third-order valence-electron chi connectivity index (χ3n) is 3.77. The lowest BCUT2D eigenvalue weighted by Crippen LogP contribution is -2.63. The third kappa shape index (κ3) is 3.25. The summed E-state index contributed by atoms with van der Waals surface area (Å²) in [4.78, 5) is 14.7. The van der Waals surface area contributed by atoms with Crippen LogP contribution in [-0.4, -0.2) is 30.1 Å². The van der Waals surface area contributed by atoms with Crippen molar-refractivity contribution in [2.24, 2.45) is 16.7 Å². The first-order chi connectivity index (χ1) is 8.09. The summed E-state index contributed by atoms with van der Waals surface area (Å²) in [5, 5.41) is 3.59. The molecule has 0 bridgehead atoms. The second kappa shape index (κ2) is 5.20. The molecule has 1 amide bonds. The molecule has 3 heteroatoms. The average molecular weight is 254 g/mol. The summed E-state index contributed by atoms with van der Waals surface area (Å²) in [7, 11) is 0. The van der Waals surface area contributed by atoms with E-state index in [-0.39, 0.29) is 22.8 Å². The zero-order chi connectivity index (χ0) is 14.1. The van der Waals surface area contributed by atoms with Gasteiger partial charge in [-0.2, -0.15) is 0 Å². The van der Waals surface area contributed by atoms with Gasteiger partial charge in [-0.1, -0.05) is 48.5 Å². The van der Waals surface area contributed by atoms with Gasteiger partial charge in [0.25, 0.3) is 0 Å². The van der Waals surface area contributed by atoms with Crippen molar-refractivity contribution in [1.82, 2.24) is 10.2 Å². The second-order valence-corrected chi connectivity index (χ2v) is 7.65. The monoisotopic (exact) mass is 254 g/mol. The second-order valence-electron chi connectivity index (χ2n) is 7.65. The number of hydrogen-bond donors (Lipinski definition) is 1. The predicted octanol–water partition coefficient (Wildman–Crippen LogP) is 2.86. The number of hydrogen-bond acceptors (Lipinski definition) is 2. The third-order valence-corrected chi connectivity index (χ3v) is 3.77. The van der Waals surface area contributed by atoms with E-state index in [1.807, 2.05) is 4.90 Å². The predicted molar refractivity (Wildman–Crippen MR) is 76.2 cm³/mol. The van der Waals surface area contributed by atoms with Crippen LogP contribution in [0.25, 0.3) is 0 Å². The first-order valence-electron chi connectivity index (χ1n) is 7.11. The molecule has 1 aliphatic rings. The molecule has 1 saturated heterocycles. The van der Waals surface area contributed by atoms with Gasteiger partial charge < -0.3 is 4.90 Å². The molecule has 0 aromatic carbocycles. The van der Waals surface area contributed by atoms with Crippen LogP contribution in [0.2, 0.25) is 0 Å². The minimum atomic E-state index is -0.00551. The molecular formula is C15H30N2O. The Kier molecular flexibility index (Phi) is 4.47. The highest BCUT2D eigenvalue weighted by Gasteiger charge is 2.47. The minimum absolute atomic E-state index is 0.00551. The van der Waals surface area contributed by atoms with Crippen LogP contribution in [0.1, 0.15) is 54.9 Å². The van der Waals surface area contributed by atoms with Crippen LogP contribution in [-0.2, 0) is 4.79 Å². The van der Waals surface area contributed by atoms with E-state index < -0.39 is 0 Å². The van der Waals surface area contributed by atoms with Crippen LogP contribution >= 0.6 is 0 Å². The summed E-state index contributed by atoms with van der Waals surface area (Å²) in [6, 6.07) is 0.248. The van der Waals surface area contributed by atoms with Crippen molar-refractivity contribution in [2.75, 3.05) is 13.2 Å². The molecule has 0 aromatic rings. The van der Waals surface area contributed by atoms with Crippen molar-refractivity contribution in [3.63, 3.8) is 0 Å². The highest BCUT2D eigenvalue weighted by atomic mass is 16.2. The fourth-order valence-electron chi connectivity index (χ4n) is 2.88. The van der Waals surface area contributed by atoms with Crippen molar-refractivity contribution < 1.29 is 4.79 Å². The van der Waals surface area contributed by atoms with Crippen molar-refractivity contribution in [3.8, 4) is 0 Å². The van der Waals surface area contributed by atoms with Crippen LogP contribution < -0.4 is 5.32 Å². The van der Waals surface area contributed by atoms with Gasteiger partial charge in [-0.05, 0) is 17.3 Å². The normalized spacial score (nSPS) is 26.6. The molecule has 1 N–H and O–H groups in total. The Labute approximate surface area is 112 Å². The van der Waals surface area contributed by atoms with E-state index in [0.29, 0.717) is 12.6 Å². The fourth-order valence-corrected chi connectivity index (χ4v) is 2.88. The minimum Gasteiger partial charge on any atom is -0.330 e. The molecule has 106 valence electrons. The summed E-state index contributed by atoms with van der Waals surface area (Å²) in [6.45, 7) is 16.8. The van der Waals surface area contributed by atoms with Crippen molar-refractivity contribution in [1.29, 1.82) is 0 Å². The van der Waals surface area contributed by atoms with E-state index in [1.54, 1.807) is 0 Å². The highest BCUT2D eigenvalue weighted by molar-refractivity contribution is 5.81. The molecular weight excluding hydrogens is 224 g/mol. The molecule has 1 aliphatic heterocycles. The van der Waals surface area contributed by atoms with E-state index in [9.17, 15) is 4.79 Å². The van der Waals surface area contributed by atoms with Crippen LogP contribution in [0.4, 0.5) is 0 Å². The number of carbonyl (C=O) groups excluding carboxylic acids is 1. The maximum absolute atomic E-state index is 12.7. The Morgan fingerprint density at radius 1 is 1.17 bits per heavy atom. The molecule has 1 fully saturated rings. The molecule has 1 rings (SSSR count). The lowest BCUT2D eigenvalue weighted by Gasteiger charge is -2.49. The number of nitrogens with zero attached hydrogens (tertiary/aromatic N) is 1. The van der Waals surface area contributed by atoms with Gasteiger partial charge in [0, 0.05) is 12.6 Å². The maximum atomic E-state index is 12.7. The van der Waals surface area contributed by atoms with Gasteiger partial charge in [-0.3, -0.25) is 10.1 Å². The van der Waals surface area contributed by atoms with E-state index in [0.717, 1.165) is 13.0 Å². The molecule has 0 saturated carbocycles. The van der Waals surface area contributed by atoms with Gasteiger partial charge in [0.05, 0.1) is 12.6 Å². The van der Waals surface area contributed by atoms with E-state index in [4.69, 9.17) is 0 Å². The number of rotatable bonds is 2. The molecule has 2 unspecified atom stereocenters. The molecule has 0 radical (unpaired) electrons. The van der Waals surface area contributed by atoms with Gasteiger partial charge in [-0.15, -0.1) is 0 Å². The fraction of sp³-hybridized carbons (Fsp3) is 0.933. The maximum Gasteiger partial charge on any atom is 0.228 e. The largest absolute Gasteiger partial charge is 0.330 e. The highest BCUT2D eigenvalue weighted by Crippen LogP contribution is 2.39. The summed E-state index contributed by atoms with van der Waals surface area (Å²) < 4.78 is 0. The molecule has 3 nitrogen and oxygen atoms in total. The van der Waals surface area contributed by atoms with Gasteiger partial charge in [-0.25, -0.2) is 0 Å². The molecule has 1 heterocycles. The standard InChI is InChI=1S/C15H30N2O/c1-8-9-17-10-16-12(15(5,6)7)11(13(17)18)14(2,3)4/h11-12,16H,8-10H2,1-7H3. The quantitative estimate of drug-likeness (QED) is 0.822. The molecule has 0 spiro atoms. The van der Waals surface area contributed by atoms with E-state index >= 15 is 0 Å². The Morgan fingerprint density at radius 2 is 1.72 bits per heavy atom. The lowest BCUT2D eigenvalue weighted by atomic mass is 9.67. The molecule has 0 aliphatic carbocycles. The zero-order valence-corrected chi connectivity index (χ0v) is 13.1. The van der Waals surface area contributed by atoms with Gasteiger partial charge in [0.15, 0.2) is 0 Å². The van der Waals surface area contributed by atoms with Crippen LogP contribution in [0.15, 0.2) is 0 Å². The van der Waals surface area contributed by atoms with Crippen LogP contribution in [0.5, 0.6) is 0 Å². The van der Waals surface area contributed by atoms with Gasteiger partial charge in [0.1, 0.15) is 0 Å². The zero-order valence-electron chi connectivity index (χ0n) is 13.1. The van der Waals surface area contributed by atoms with Crippen molar-refractivity contribution >= 4 is 5.91 Å². The Bertz CT molecular complexity index is 299. The SMILES string of the molecule is CCCN1CNC(C(C)(C)C)C(C(C)(C)C)C1=O. The number of nitrogens with one attached hydrogen (secondary N) is 1. The summed E-state index contributed by atoms with van der Waals surface area (Å²) in [6.07, 6.45) is 1.02. The van der Waals surface area contributed by atoms with E-state index in [1.165, 1.54) is 0 Å². The lowest BCUT2D eigenvalue weighted by molar-refractivity contribution is -0.148.